The van der Waals surface area contributed by atoms with Gasteiger partial charge in [-0.1, -0.05) is 18.2 Å². The van der Waals surface area contributed by atoms with E-state index in [1.807, 2.05) is 12.3 Å². The summed E-state index contributed by atoms with van der Waals surface area (Å²) in [6, 6.07) is 9.17. The fraction of sp³-hybridized carbons (Fsp3) is 0.698. The van der Waals surface area contributed by atoms with Crippen LogP contribution in [0.2, 0.25) is 5.28 Å². The van der Waals surface area contributed by atoms with Crippen molar-refractivity contribution >= 4 is 128 Å². The molecule has 5 aromatic rings. The van der Waals surface area contributed by atoms with Gasteiger partial charge in [0.05, 0.1) is 89.2 Å². The van der Waals surface area contributed by atoms with Crippen LogP contribution in [0.15, 0.2) is 90.0 Å². The van der Waals surface area contributed by atoms with Crippen LogP contribution in [0.5, 0.6) is 0 Å². The molecule has 0 aliphatic carbocycles. The van der Waals surface area contributed by atoms with Crippen molar-refractivity contribution in [2.24, 2.45) is 0 Å². The minimum Gasteiger partial charge on any atom is -0.480 e. The zero-order chi connectivity index (χ0) is 99.0. The molecule has 39 nitrogen and oxygen atoms in total. The van der Waals surface area contributed by atoms with Crippen LogP contribution in [0.3, 0.4) is 0 Å². The summed E-state index contributed by atoms with van der Waals surface area (Å²) >= 11 is 9.09. The Kier molecular flexibility index (Phi) is 42.5. The molecular formula is C86H138Cl2N16O23S6. The summed E-state index contributed by atoms with van der Waals surface area (Å²) in [7, 11) is -5.35. The third-order valence-electron chi connectivity index (χ3n) is 21.1. The van der Waals surface area contributed by atoms with E-state index < -0.39 is 105 Å². The van der Waals surface area contributed by atoms with Crippen molar-refractivity contribution in [1.82, 2.24) is 73.5 Å². The Morgan fingerprint density at radius 2 is 0.880 bits per heavy atom. The van der Waals surface area contributed by atoms with E-state index in [1.165, 1.54) is 55.8 Å². The number of carboxylic acid groups (broad SMARTS) is 1. The van der Waals surface area contributed by atoms with E-state index >= 15 is 0 Å². The lowest BCUT2D eigenvalue weighted by molar-refractivity contribution is -0.147. The van der Waals surface area contributed by atoms with Crippen molar-refractivity contribution in [1.29, 1.82) is 0 Å². The summed E-state index contributed by atoms with van der Waals surface area (Å²) in [6.07, 6.45) is 3.97. The summed E-state index contributed by atoms with van der Waals surface area (Å²) in [6.45, 7) is 50.0. The second-order valence-electron chi connectivity index (χ2n) is 37.9. The predicted molar refractivity (Wildman–Crippen MR) is 507 cm³/mol. The van der Waals surface area contributed by atoms with E-state index in [-0.39, 0.29) is 78.8 Å². The number of carbonyl (C=O) groups is 6. The molecule has 0 spiro atoms. The Labute approximate surface area is 805 Å². The standard InChI is InChI=1S/C21H31N5O4S2.C20H35N3O6.C15H26N2O6.C14H23N3O3S2.C7H9ClN2O.C5H11NO.C4H3ClO2S2/c1-16-15-30-9-8-24(16)13-18-14-25(32(28,29)19-5-4-10-31-19)6-7-26(18)20-22-11-17(12-23-20)21(2,3)27;1-14-13-27-11-10-22(14)16(24)15-12-21(17(25)28-19(2,3)4)8-9-23(15)18(26)29-20(5,6)7;1-14(2,3)22-12(20)16-7-8-17(10(9-16)11(18)19)13(21)23-15(4,5)6;1-12-11-20-7-6-16(12)9-13-10-17(5-4-15-13)22(18,19)14-3-2-8-21-14;1-7(2,11)5-3-9-6(8)10-4-5;1-5-4-7-3-2-6-5;5-9(6,7)4-2-1-3-8-4/h4-5,10-12,16,18,27H,6-9,13-15H2,1-3H3;14-15H,8-13H2,1-7H3;10H,7-9H2,1-6H3,(H,18,19);2-3,8,12-13,15H,4-7,9-11H2,1H3;3-4,11H,1-2H3;5-6H,2-4H2,1H3;1-3H/t16-,18-;14-,15+;10-;12-,13-;;5-;/m0010.0./s1. The van der Waals surface area contributed by atoms with E-state index in [9.17, 15) is 69.3 Å². The summed E-state index contributed by atoms with van der Waals surface area (Å²) < 4.78 is 120. The molecule has 0 radical (unpaired) electrons. The van der Waals surface area contributed by atoms with Crippen LogP contribution in [0.1, 0.15) is 150 Å². The molecule has 8 fully saturated rings. The molecule has 8 saturated heterocycles. The number of sulfonamides is 2. The molecule has 0 bridgehead atoms. The number of anilines is 1. The average Bonchev–Trinajstić information content (AvgIpc) is 1.73. The van der Waals surface area contributed by atoms with Crippen molar-refractivity contribution in [2.75, 3.05) is 176 Å². The Hall–Kier alpha value is -6.97. The molecular weight excluding hydrogens is 1890 g/mol. The smallest absolute Gasteiger partial charge is 0.411 e. The zero-order valence-electron chi connectivity index (χ0n) is 80.0. The molecule has 0 saturated carbocycles. The first kappa shape index (κ1) is 113. The van der Waals surface area contributed by atoms with Gasteiger partial charge in [-0.2, -0.15) is 8.61 Å². The first-order chi connectivity index (χ1) is 61.8. The van der Waals surface area contributed by atoms with E-state index in [4.69, 9.17) is 60.2 Å². The Morgan fingerprint density at radius 3 is 1.27 bits per heavy atom. The van der Waals surface area contributed by atoms with Gasteiger partial charge in [-0.25, -0.2) is 69.2 Å². The highest BCUT2D eigenvalue weighted by molar-refractivity contribution is 8.15. The molecule has 8 atom stereocenters. The van der Waals surface area contributed by atoms with E-state index in [2.05, 4.69) is 66.0 Å². The number of aliphatic carboxylic acids is 1. The molecule has 5 aromatic heterocycles. The number of ether oxygens (including phenoxy) is 8. The molecule has 0 unspecified atom stereocenters. The lowest BCUT2D eigenvalue weighted by atomic mass is 10.0. The Morgan fingerprint density at radius 1 is 0.466 bits per heavy atom. The van der Waals surface area contributed by atoms with Crippen LogP contribution < -0.4 is 15.5 Å². The number of halogens is 2. The molecule has 13 rings (SSSR count). The van der Waals surface area contributed by atoms with Crippen LogP contribution >= 0.6 is 56.3 Å². The lowest BCUT2D eigenvalue weighted by Gasteiger charge is -2.44. The number of hydrogen-bond acceptors (Lipinski definition) is 34. The first-order valence-corrected chi connectivity index (χ1v) is 52.3. The van der Waals surface area contributed by atoms with Crippen LogP contribution in [0, 0.1) is 0 Å². The number of nitrogens with zero attached hydrogens (tertiary/aromatic N) is 14. The highest BCUT2D eigenvalue weighted by Crippen LogP contribution is 2.31. The molecule has 5 N–H and O–H groups in total. The third-order valence-corrected chi connectivity index (χ3v) is 30.7. The highest BCUT2D eigenvalue weighted by Gasteiger charge is 2.46. The van der Waals surface area contributed by atoms with Gasteiger partial charge in [0.15, 0.2) is 6.04 Å². The number of thiophene rings is 3. The largest absolute Gasteiger partial charge is 0.480 e. The number of rotatable bonds is 14. The van der Waals surface area contributed by atoms with Crippen LogP contribution in [0.25, 0.3) is 0 Å². The summed E-state index contributed by atoms with van der Waals surface area (Å²) in [5.41, 5.74) is -3.34. The van der Waals surface area contributed by atoms with Crippen molar-refractivity contribution in [2.45, 2.75) is 233 Å². The number of aromatic nitrogens is 4. The maximum Gasteiger partial charge on any atom is 0.411 e. The van der Waals surface area contributed by atoms with Gasteiger partial charge in [-0.3, -0.25) is 24.4 Å². The maximum absolute atomic E-state index is 13.3. The van der Waals surface area contributed by atoms with Crippen LogP contribution in [0.4, 0.5) is 25.1 Å². The number of amides is 5. The quantitative estimate of drug-likeness (QED) is 0.0393. The molecule has 5 amide bonds. The van der Waals surface area contributed by atoms with Crippen molar-refractivity contribution in [3.63, 3.8) is 0 Å². The topological polar surface area (TPSA) is 447 Å². The van der Waals surface area contributed by atoms with E-state index in [0.29, 0.717) is 116 Å². The van der Waals surface area contributed by atoms with Gasteiger partial charge >= 0.3 is 30.3 Å². The molecule has 750 valence electrons. The highest BCUT2D eigenvalue weighted by atomic mass is 35.7. The van der Waals surface area contributed by atoms with Crippen LogP contribution in [-0.4, -0.2) is 381 Å². The summed E-state index contributed by atoms with van der Waals surface area (Å²) in [4.78, 5) is 105. The number of carbonyl (C=O) groups excluding carboxylic acids is 5. The van der Waals surface area contributed by atoms with Gasteiger partial charge in [0.2, 0.25) is 17.1 Å². The second kappa shape index (κ2) is 50.1. The first-order valence-electron chi connectivity index (χ1n) is 44.1. The van der Waals surface area contributed by atoms with Gasteiger partial charge in [0.1, 0.15) is 41.1 Å². The molecule has 8 aliphatic heterocycles. The molecule has 133 heavy (non-hydrogen) atoms. The second-order valence-corrected chi connectivity index (χ2v) is 48.2. The van der Waals surface area contributed by atoms with Crippen molar-refractivity contribution in [3.05, 3.63) is 93.7 Å². The minimum atomic E-state index is -3.53. The van der Waals surface area contributed by atoms with Crippen molar-refractivity contribution in [3.8, 4) is 0 Å². The number of nitrogens with one attached hydrogen (secondary N) is 2. The van der Waals surface area contributed by atoms with E-state index in [0.717, 1.165) is 68.8 Å². The number of piperazine rings is 4. The van der Waals surface area contributed by atoms with Gasteiger partial charge in [0, 0.05) is 175 Å². The lowest BCUT2D eigenvalue weighted by Crippen LogP contribution is -2.64. The normalized spacial score (nSPS) is 22.5. The average molecular weight is 2030 g/mol. The molecule has 0 aromatic carbocycles. The fourth-order valence-corrected chi connectivity index (χ4v) is 21.2. The molecule has 47 heteroatoms. The van der Waals surface area contributed by atoms with Gasteiger partial charge in [-0.15, -0.1) is 34.0 Å². The fourth-order valence-electron chi connectivity index (χ4n) is 14.1. The summed E-state index contributed by atoms with van der Waals surface area (Å²) in [5, 5.41) is 41.2. The predicted octanol–water partition coefficient (Wildman–Crippen LogP) is 8.84. The monoisotopic (exact) mass is 2020 g/mol. The van der Waals surface area contributed by atoms with Gasteiger partial charge in [0.25, 0.3) is 29.1 Å². The number of hydrogen-bond donors (Lipinski definition) is 5. The van der Waals surface area contributed by atoms with Gasteiger partial charge in [-0.05, 0) is 184 Å². The van der Waals surface area contributed by atoms with Crippen molar-refractivity contribution < 1.29 is 107 Å². The number of morpholine rings is 4. The van der Waals surface area contributed by atoms with Gasteiger partial charge < -0.3 is 83.4 Å². The Bertz CT molecular complexity index is 4810. The van der Waals surface area contributed by atoms with Crippen LogP contribution in [-0.2, 0) is 87.8 Å². The number of carboxylic acids is 1. The van der Waals surface area contributed by atoms with E-state index in [1.54, 1.807) is 178 Å². The minimum absolute atomic E-state index is 0.0665. The third kappa shape index (κ3) is 37.0. The number of aliphatic hydroxyl groups is 2. The molecule has 8 aliphatic rings. The SMILES string of the molecule is CC(C)(C)OC(=O)N1CCN(C(=O)OC(C)(C)C)[C@@H](C(=O)O)C1.CC(C)(O)c1cnc(Cl)nc1.C[C@H]1COCCN1.C[C@H]1COCCN1C(=O)[C@H]1CN(C(=O)OC(C)(C)C)CCN1C(=O)OC(C)(C)C.C[C@H]1COCCN1C[C@H]1CN(S(=O)(=O)c2cccs2)CCN1.C[C@H]1COCCN1C[C@H]1CN(S(=O)(=O)c2cccs2)CCN1c1ncc(C(C)(C)O)cn1.O=S(=O)(Cl)c1cccs1. The zero-order valence-corrected chi connectivity index (χ0v) is 86.4. The summed E-state index contributed by atoms with van der Waals surface area (Å²) in [5.74, 6) is -0.846. The molecule has 13 heterocycles. The maximum atomic E-state index is 13.3. The Balaban J connectivity index is 0.000000222.